The Morgan fingerprint density at radius 1 is 1.24 bits per heavy atom. The van der Waals surface area contributed by atoms with Crippen LogP contribution in [-0.2, 0) is 17.9 Å². The summed E-state index contributed by atoms with van der Waals surface area (Å²) < 4.78 is 46.8. The second-order valence-electron chi connectivity index (χ2n) is 5.14. The minimum Gasteiger partial charge on any atom is -0.458 e. The Hall–Kier alpha value is -1.53. The fourth-order valence-corrected chi connectivity index (χ4v) is 2.03. The van der Waals surface area contributed by atoms with E-state index in [1.807, 2.05) is 32.0 Å². The first-order valence-corrected chi connectivity index (χ1v) is 6.74. The zero-order chi connectivity index (χ0) is 15.5. The molecule has 21 heavy (non-hydrogen) atoms. The zero-order valence-electron chi connectivity index (χ0n) is 12.0. The van der Waals surface area contributed by atoms with Crippen molar-refractivity contribution < 1.29 is 22.3 Å². The van der Waals surface area contributed by atoms with Gasteiger partial charge in [-0.3, -0.25) is 0 Å². The Morgan fingerprint density at radius 2 is 1.95 bits per heavy atom. The molecule has 0 aliphatic heterocycles. The van der Waals surface area contributed by atoms with Gasteiger partial charge < -0.3 is 14.5 Å². The SMILES string of the molecule is CC(C)NCc1c(COCC(F)(F)F)oc2ccccc12. The molecule has 2 aromatic rings. The van der Waals surface area contributed by atoms with Crippen molar-refractivity contribution in [2.45, 2.75) is 39.2 Å². The molecule has 0 spiro atoms. The first-order valence-electron chi connectivity index (χ1n) is 6.74. The third kappa shape index (κ3) is 4.47. The zero-order valence-corrected chi connectivity index (χ0v) is 12.0. The van der Waals surface area contributed by atoms with E-state index in [4.69, 9.17) is 9.15 Å². The smallest absolute Gasteiger partial charge is 0.411 e. The Labute approximate surface area is 121 Å². The second-order valence-corrected chi connectivity index (χ2v) is 5.14. The molecule has 0 unspecified atom stereocenters. The maximum atomic E-state index is 12.1. The summed E-state index contributed by atoms with van der Waals surface area (Å²) in [7, 11) is 0. The first-order chi connectivity index (χ1) is 9.87. The number of rotatable bonds is 6. The quantitative estimate of drug-likeness (QED) is 0.875. The van der Waals surface area contributed by atoms with E-state index in [2.05, 4.69) is 5.32 Å². The number of para-hydroxylation sites is 1. The van der Waals surface area contributed by atoms with Gasteiger partial charge in [0.15, 0.2) is 0 Å². The molecule has 1 heterocycles. The fraction of sp³-hybridized carbons (Fsp3) is 0.467. The lowest BCUT2D eigenvalue weighted by Crippen LogP contribution is -2.22. The van der Waals surface area contributed by atoms with Crippen molar-refractivity contribution >= 4 is 11.0 Å². The van der Waals surface area contributed by atoms with E-state index in [1.54, 1.807) is 6.07 Å². The molecule has 0 saturated carbocycles. The molecule has 0 radical (unpaired) electrons. The van der Waals surface area contributed by atoms with Crippen molar-refractivity contribution in [3.63, 3.8) is 0 Å². The molecule has 0 fully saturated rings. The molecule has 6 heteroatoms. The Morgan fingerprint density at radius 3 is 2.62 bits per heavy atom. The lowest BCUT2D eigenvalue weighted by atomic mass is 10.1. The van der Waals surface area contributed by atoms with Gasteiger partial charge in [0.2, 0.25) is 0 Å². The number of fused-ring (bicyclic) bond motifs is 1. The number of halogens is 3. The molecule has 3 nitrogen and oxygen atoms in total. The highest BCUT2D eigenvalue weighted by atomic mass is 19.4. The van der Waals surface area contributed by atoms with Crippen molar-refractivity contribution in [3.05, 3.63) is 35.6 Å². The van der Waals surface area contributed by atoms with Crippen LogP contribution in [0, 0.1) is 0 Å². The van der Waals surface area contributed by atoms with Gasteiger partial charge in [0.25, 0.3) is 0 Å². The highest BCUT2D eigenvalue weighted by Crippen LogP contribution is 2.27. The standard InChI is InChI=1S/C15H18F3NO2/c1-10(2)19-7-12-11-5-3-4-6-13(11)21-14(12)8-20-9-15(16,17)18/h3-6,10,19H,7-9H2,1-2H3. The number of ether oxygens (including phenoxy) is 1. The van der Waals surface area contributed by atoms with Gasteiger partial charge >= 0.3 is 6.18 Å². The van der Waals surface area contributed by atoms with Gasteiger partial charge in [-0.2, -0.15) is 13.2 Å². The summed E-state index contributed by atoms with van der Waals surface area (Å²) in [6, 6.07) is 7.65. The highest BCUT2D eigenvalue weighted by molar-refractivity contribution is 5.82. The van der Waals surface area contributed by atoms with Crippen LogP contribution < -0.4 is 5.32 Å². The number of hydrogen-bond donors (Lipinski definition) is 1. The highest BCUT2D eigenvalue weighted by Gasteiger charge is 2.28. The van der Waals surface area contributed by atoms with E-state index in [9.17, 15) is 13.2 Å². The second kappa shape index (κ2) is 6.49. The summed E-state index contributed by atoms with van der Waals surface area (Å²) in [6.45, 7) is 3.06. The van der Waals surface area contributed by atoms with Crippen LogP contribution in [0.5, 0.6) is 0 Å². The molecule has 0 bridgehead atoms. The van der Waals surface area contributed by atoms with Gasteiger partial charge in [0.1, 0.15) is 24.6 Å². The molecular formula is C15H18F3NO2. The van der Waals surface area contributed by atoms with Crippen molar-refractivity contribution in [1.29, 1.82) is 0 Å². The number of furan rings is 1. The van der Waals surface area contributed by atoms with Crippen LogP contribution in [0.15, 0.2) is 28.7 Å². The maximum Gasteiger partial charge on any atom is 0.411 e. The van der Waals surface area contributed by atoms with Gasteiger partial charge in [0, 0.05) is 23.5 Å². The predicted molar refractivity (Wildman–Crippen MR) is 73.9 cm³/mol. The monoisotopic (exact) mass is 301 g/mol. The van der Waals surface area contributed by atoms with Crippen LogP contribution in [-0.4, -0.2) is 18.8 Å². The molecule has 2 rings (SSSR count). The molecule has 0 aliphatic carbocycles. The summed E-state index contributed by atoms with van der Waals surface area (Å²) in [4.78, 5) is 0. The summed E-state index contributed by atoms with van der Waals surface area (Å²) in [6.07, 6.45) is -4.33. The van der Waals surface area contributed by atoms with Crippen molar-refractivity contribution in [2.75, 3.05) is 6.61 Å². The normalized spacial score (nSPS) is 12.5. The van der Waals surface area contributed by atoms with Crippen molar-refractivity contribution in [3.8, 4) is 0 Å². The van der Waals surface area contributed by atoms with Crippen LogP contribution in [0.2, 0.25) is 0 Å². The van der Waals surface area contributed by atoms with E-state index in [0.717, 1.165) is 10.9 Å². The van der Waals surface area contributed by atoms with E-state index >= 15 is 0 Å². The number of alkyl halides is 3. The molecule has 1 N–H and O–H groups in total. The van der Waals surface area contributed by atoms with Crippen LogP contribution >= 0.6 is 0 Å². The van der Waals surface area contributed by atoms with Gasteiger partial charge in [-0.25, -0.2) is 0 Å². The average molecular weight is 301 g/mol. The largest absolute Gasteiger partial charge is 0.458 e. The van der Waals surface area contributed by atoms with Crippen LogP contribution in [0.4, 0.5) is 13.2 Å². The van der Waals surface area contributed by atoms with Crippen molar-refractivity contribution in [2.24, 2.45) is 0 Å². The lowest BCUT2D eigenvalue weighted by molar-refractivity contribution is -0.177. The Balaban J connectivity index is 2.18. The van der Waals surface area contributed by atoms with Crippen LogP contribution in [0.25, 0.3) is 11.0 Å². The molecule has 0 amide bonds. The minimum absolute atomic E-state index is 0.191. The summed E-state index contributed by atoms with van der Waals surface area (Å²) in [5.74, 6) is 0.439. The Kier molecular flexibility index (Phi) is 4.90. The molecular weight excluding hydrogens is 283 g/mol. The van der Waals surface area contributed by atoms with Gasteiger partial charge in [-0.15, -0.1) is 0 Å². The average Bonchev–Trinajstić information content (AvgIpc) is 2.72. The van der Waals surface area contributed by atoms with Gasteiger partial charge in [0.05, 0.1) is 0 Å². The van der Waals surface area contributed by atoms with Crippen LogP contribution in [0.1, 0.15) is 25.2 Å². The summed E-state index contributed by atoms with van der Waals surface area (Å²) >= 11 is 0. The fourth-order valence-electron chi connectivity index (χ4n) is 2.03. The molecule has 0 saturated heterocycles. The molecule has 116 valence electrons. The predicted octanol–water partition coefficient (Wildman–Crippen LogP) is 4.01. The van der Waals surface area contributed by atoms with E-state index < -0.39 is 12.8 Å². The van der Waals surface area contributed by atoms with Crippen LogP contribution in [0.3, 0.4) is 0 Å². The van der Waals surface area contributed by atoms with Crippen molar-refractivity contribution in [1.82, 2.24) is 5.32 Å². The van der Waals surface area contributed by atoms with E-state index in [-0.39, 0.29) is 12.6 Å². The minimum atomic E-state index is -4.33. The van der Waals surface area contributed by atoms with Gasteiger partial charge in [-0.05, 0) is 6.07 Å². The van der Waals surface area contributed by atoms with Gasteiger partial charge in [-0.1, -0.05) is 32.0 Å². The van der Waals surface area contributed by atoms with E-state index in [0.29, 0.717) is 17.9 Å². The van der Waals surface area contributed by atoms with E-state index in [1.165, 1.54) is 0 Å². The molecule has 0 aliphatic rings. The third-order valence-corrected chi connectivity index (χ3v) is 2.97. The maximum absolute atomic E-state index is 12.1. The summed E-state index contributed by atoms with van der Waals surface area (Å²) in [5.41, 5.74) is 1.50. The number of hydrogen-bond acceptors (Lipinski definition) is 3. The third-order valence-electron chi connectivity index (χ3n) is 2.97. The lowest BCUT2D eigenvalue weighted by Gasteiger charge is -2.10. The number of benzene rings is 1. The summed E-state index contributed by atoms with van der Waals surface area (Å²) in [5, 5.41) is 4.15. The molecule has 0 atom stereocenters. The topological polar surface area (TPSA) is 34.4 Å². The Bertz CT molecular complexity index is 590. The number of nitrogens with one attached hydrogen (secondary N) is 1. The first kappa shape index (κ1) is 15.9. The molecule has 1 aromatic carbocycles. The molecule has 1 aromatic heterocycles.